The molecule has 3 rings (SSSR count). The van der Waals surface area contributed by atoms with E-state index in [1.54, 1.807) is 6.07 Å². The van der Waals surface area contributed by atoms with Gasteiger partial charge in [0.15, 0.2) is 0 Å². The van der Waals surface area contributed by atoms with Crippen LogP contribution in [0.15, 0.2) is 42.5 Å². The van der Waals surface area contributed by atoms with Crippen molar-refractivity contribution in [3.8, 4) is 5.75 Å². The minimum atomic E-state index is -0.267. The Morgan fingerprint density at radius 1 is 1.10 bits per heavy atom. The van der Waals surface area contributed by atoms with Crippen molar-refractivity contribution in [1.82, 2.24) is 5.32 Å². The molecule has 1 aliphatic rings. The van der Waals surface area contributed by atoms with Crippen LogP contribution in [0.5, 0.6) is 5.75 Å². The molecule has 0 aromatic heterocycles. The summed E-state index contributed by atoms with van der Waals surface area (Å²) in [6.07, 6.45) is 2.43. The lowest BCUT2D eigenvalue weighted by molar-refractivity contribution is 0.304. The first-order valence-corrected chi connectivity index (χ1v) is 7.47. The van der Waals surface area contributed by atoms with Crippen molar-refractivity contribution >= 4 is 11.6 Å². The Morgan fingerprint density at radius 3 is 2.57 bits per heavy atom. The second-order valence-electron chi connectivity index (χ2n) is 5.37. The van der Waals surface area contributed by atoms with Crippen LogP contribution >= 0.6 is 11.6 Å². The zero-order valence-electron chi connectivity index (χ0n) is 11.6. The van der Waals surface area contributed by atoms with Crippen molar-refractivity contribution in [1.29, 1.82) is 0 Å². The highest BCUT2D eigenvalue weighted by Crippen LogP contribution is 2.22. The van der Waals surface area contributed by atoms with Crippen LogP contribution < -0.4 is 10.1 Å². The molecule has 1 saturated carbocycles. The highest BCUT2D eigenvalue weighted by Gasteiger charge is 2.20. The fraction of sp³-hybridized carbons (Fsp3) is 0.294. The van der Waals surface area contributed by atoms with Gasteiger partial charge in [0.25, 0.3) is 0 Å². The molecule has 0 heterocycles. The van der Waals surface area contributed by atoms with Gasteiger partial charge in [0.1, 0.15) is 18.2 Å². The topological polar surface area (TPSA) is 21.3 Å². The second kappa shape index (κ2) is 6.46. The first-order valence-electron chi connectivity index (χ1n) is 7.09. The number of ether oxygens (including phenoxy) is 1. The molecule has 0 aliphatic heterocycles. The van der Waals surface area contributed by atoms with Crippen molar-refractivity contribution in [2.24, 2.45) is 0 Å². The van der Waals surface area contributed by atoms with Crippen molar-refractivity contribution in [2.45, 2.75) is 32.0 Å². The molecular formula is C17H17ClFNO. The van der Waals surface area contributed by atoms with Gasteiger partial charge in [-0.05, 0) is 48.2 Å². The minimum Gasteiger partial charge on any atom is -0.489 e. The van der Waals surface area contributed by atoms with Gasteiger partial charge in [0.05, 0.1) is 0 Å². The average Bonchev–Trinajstić information content (AvgIpc) is 3.28. The molecule has 4 heteroatoms. The van der Waals surface area contributed by atoms with Gasteiger partial charge in [-0.15, -0.1) is 0 Å². The lowest BCUT2D eigenvalue weighted by Gasteiger charge is -2.09. The number of rotatable bonds is 6. The maximum Gasteiger partial charge on any atom is 0.127 e. The summed E-state index contributed by atoms with van der Waals surface area (Å²) in [5.41, 5.74) is 1.91. The summed E-state index contributed by atoms with van der Waals surface area (Å²) in [6.45, 7) is 1.08. The number of halogens is 2. The van der Waals surface area contributed by atoms with Gasteiger partial charge in [-0.2, -0.15) is 0 Å². The monoisotopic (exact) mass is 305 g/mol. The summed E-state index contributed by atoms with van der Waals surface area (Å²) in [6, 6.07) is 12.9. The van der Waals surface area contributed by atoms with Gasteiger partial charge in [0, 0.05) is 23.7 Å². The smallest absolute Gasteiger partial charge is 0.127 e. The molecule has 21 heavy (non-hydrogen) atoms. The third-order valence-electron chi connectivity index (χ3n) is 3.42. The van der Waals surface area contributed by atoms with Crippen LogP contribution in [0.25, 0.3) is 0 Å². The normalized spacial score (nSPS) is 14.2. The Balaban J connectivity index is 1.62. The quantitative estimate of drug-likeness (QED) is 0.858. The molecule has 0 atom stereocenters. The van der Waals surface area contributed by atoms with Gasteiger partial charge < -0.3 is 10.1 Å². The molecule has 1 fully saturated rings. The fourth-order valence-electron chi connectivity index (χ4n) is 2.10. The summed E-state index contributed by atoms with van der Waals surface area (Å²) >= 11 is 5.84. The van der Waals surface area contributed by atoms with Gasteiger partial charge in [0.2, 0.25) is 0 Å². The van der Waals surface area contributed by atoms with Crippen LogP contribution in [-0.2, 0) is 13.2 Å². The third kappa shape index (κ3) is 4.45. The molecule has 2 nitrogen and oxygen atoms in total. The molecule has 0 spiro atoms. The maximum atomic E-state index is 13.6. The largest absolute Gasteiger partial charge is 0.489 e. The van der Waals surface area contributed by atoms with Crippen LogP contribution in [0.1, 0.15) is 24.0 Å². The molecule has 1 aliphatic carbocycles. The van der Waals surface area contributed by atoms with E-state index in [4.69, 9.17) is 16.3 Å². The predicted molar refractivity (Wildman–Crippen MR) is 82.0 cm³/mol. The van der Waals surface area contributed by atoms with E-state index >= 15 is 0 Å². The fourth-order valence-corrected chi connectivity index (χ4v) is 2.23. The van der Waals surface area contributed by atoms with E-state index < -0.39 is 0 Å². The molecule has 0 unspecified atom stereocenters. The molecular weight excluding hydrogens is 289 g/mol. The zero-order chi connectivity index (χ0) is 14.7. The molecule has 2 aromatic carbocycles. The Kier molecular flexibility index (Phi) is 4.42. The third-order valence-corrected chi connectivity index (χ3v) is 3.67. The lowest BCUT2D eigenvalue weighted by atomic mass is 10.2. The van der Waals surface area contributed by atoms with Gasteiger partial charge >= 0.3 is 0 Å². The number of nitrogens with one attached hydrogen (secondary N) is 1. The maximum absolute atomic E-state index is 13.6. The van der Waals surface area contributed by atoms with Crippen molar-refractivity contribution < 1.29 is 9.13 Å². The van der Waals surface area contributed by atoms with Crippen LogP contribution in [0, 0.1) is 5.82 Å². The summed E-state index contributed by atoms with van der Waals surface area (Å²) in [4.78, 5) is 0. The van der Waals surface area contributed by atoms with Crippen molar-refractivity contribution in [2.75, 3.05) is 0 Å². The molecule has 0 radical (unpaired) electrons. The van der Waals surface area contributed by atoms with Gasteiger partial charge in [-0.1, -0.05) is 23.7 Å². The van der Waals surface area contributed by atoms with Crippen molar-refractivity contribution in [3.63, 3.8) is 0 Å². The van der Waals surface area contributed by atoms with E-state index in [2.05, 4.69) is 5.32 Å². The van der Waals surface area contributed by atoms with Crippen molar-refractivity contribution in [3.05, 3.63) is 64.4 Å². The van der Waals surface area contributed by atoms with Crippen LogP contribution in [0.3, 0.4) is 0 Å². The first-order chi connectivity index (χ1) is 10.2. The van der Waals surface area contributed by atoms with Crippen LogP contribution in [-0.4, -0.2) is 6.04 Å². The average molecular weight is 306 g/mol. The summed E-state index contributed by atoms with van der Waals surface area (Å²) < 4.78 is 19.3. The molecule has 0 amide bonds. The molecule has 110 valence electrons. The van der Waals surface area contributed by atoms with Crippen LogP contribution in [0.2, 0.25) is 5.02 Å². The standard InChI is InChI=1S/C17H17ClFNO/c18-14-3-1-12(2-4-14)11-21-17-8-13(7-15(19)9-17)10-20-16-5-6-16/h1-4,7-9,16,20H,5-6,10-11H2. The number of hydrogen-bond donors (Lipinski definition) is 1. The minimum absolute atomic E-state index is 0.267. The molecule has 0 saturated heterocycles. The van der Waals surface area contributed by atoms with E-state index in [9.17, 15) is 4.39 Å². The molecule has 1 N–H and O–H groups in total. The Bertz CT molecular complexity index is 611. The first kappa shape index (κ1) is 14.4. The Morgan fingerprint density at radius 2 is 1.86 bits per heavy atom. The van der Waals surface area contributed by atoms with Crippen LogP contribution in [0.4, 0.5) is 4.39 Å². The Hall–Kier alpha value is -1.58. The number of hydrogen-bond acceptors (Lipinski definition) is 2. The van der Waals surface area contributed by atoms with Gasteiger partial charge in [-0.25, -0.2) is 4.39 Å². The van der Waals surface area contributed by atoms with E-state index in [1.165, 1.54) is 18.9 Å². The summed E-state index contributed by atoms with van der Waals surface area (Å²) in [7, 11) is 0. The highest BCUT2D eigenvalue weighted by molar-refractivity contribution is 6.30. The summed E-state index contributed by atoms with van der Waals surface area (Å²) in [5.74, 6) is 0.286. The molecule has 0 bridgehead atoms. The highest BCUT2D eigenvalue weighted by atomic mass is 35.5. The SMILES string of the molecule is Fc1cc(CNC2CC2)cc(OCc2ccc(Cl)cc2)c1. The summed E-state index contributed by atoms with van der Waals surface area (Å²) in [5, 5.41) is 4.06. The lowest BCUT2D eigenvalue weighted by Crippen LogP contribution is -2.15. The van der Waals surface area contributed by atoms with E-state index in [0.29, 0.717) is 30.0 Å². The second-order valence-corrected chi connectivity index (χ2v) is 5.80. The van der Waals surface area contributed by atoms with Gasteiger partial charge in [-0.3, -0.25) is 0 Å². The number of benzene rings is 2. The van der Waals surface area contributed by atoms with E-state index in [1.807, 2.05) is 30.3 Å². The van der Waals surface area contributed by atoms with E-state index in [0.717, 1.165) is 11.1 Å². The predicted octanol–water partition coefficient (Wildman–Crippen LogP) is 4.31. The molecule has 2 aromatic rings. The van der Waals surface area contributed by atoms with E-state index in [-0.39, 0.29) is 5.82 Å². The zero-order valence-corrected chi connectivity index (χ0v) is 12.4. The Labute approximate surface area is 128 Å².